The van der Waals surface area contributed by atoms with Crippen LogP contribution in [0.2, 0.25) is 0 Å². The van der Waals surface area contributed by atoms with Gasteiger partial charge < -0.3 is 4.74 Å². The van der Waals surface area contributed by atoms with Crippen molar-refractivity contribution in [1.29, 1.82) is 0 Å². The Labute approximate surface area is 88.7 Å². The van der Waals surface area contributed by atoms with Crippen molar-refractivity contribution in [1.82, 2.24) is 0 Å². The molecule has 0 aliphatic carbocycles. The van der Waals surface area contributed by atoms with Crippen LogP contribution in [0, 0.1) is 0 Å². The maximum atomic E-state index is 10.6. The smallest absolute Gasteiger partial charge is 0.337 e. The molecule has 2 heteroatoms. The first-order valence-electron chi connectivity index (χ1n) is 5.04. The van der Waals surface area contributed by atoms with Crippen LogP contribution in [0.3, 0.4) is 0 Å². The summed E-state index contributed by atoms with van der Waals surface area (Å²) >= 11 is 0. The van der Waals surface area contributed by atoms with E-state index in [1.165, 1.54) is 19.6 Å². The summed E-state index contributed by atoms with van der Waals surface area (Å²) in [7, 11) is 1.34. The monoisotopic (exact) mass is 200 g/mol. The number of esters is 1. The highest BCUT2D eigenvalue weighted by Crippen LogP contribution is 1.96. The normalized spacial score (nSPS) is 8.57. The summed E-state index contributed by atoms with van der Waals surface area (Å²) in [6.07, 6.45) is 4.37. The Morgan fingerprint density at radius 2 is 1.71 bits per heavy atom. The van der Waals surface area contributed by atoms with Gasteiger partial charge in [0.1, 0.15) is 0 Å². The van der Waals surface area contributed by atoms with Gasteiger partial charge in [-0.25, -0.2) is 4.79 Å². The van der Waals surface area contributed by atoms with E-state index in [2.05, 4.69) is 25.2 Å². The van der Waals surface area contributed by atoms with E-state index < -0.39 is 0 Å². The lowest BCUT2D eigenvalue weighted by molar-refractivity contribution is -0.135. The third-order valence-corrected chi connectivity index (χ3v) is 0.952. The van der Waals surface area contributed by atoms with E-state index in [9.17, 15) is 4.79 Å². The average molecular weight is 200 g/mol. The average Bonchev–Trinajstić information content (AvgIpc) is 2.23. The third-order valence-electron chi connectivity index (χ3n) is 0.952. The van der Waals surface area contributed by atoms with E-state index in [1.807, 2.05) is 13.8 Å². The lowest BCUT2D eigenvalue weighted by atomic mass is 10.2. The van der Waals surface area contributed by atoms with E-state index >= 15 is 0 Å². The summed E-state index contributed by atoms with van der Waals surface area (Å²) in [5, 5.41) is 0. The van der Waals surface area contributed by atoms with Gasteiger partial charge in [0, 0.05) is 0 Å². The van der Waals surface area contributed by atoms with Gasteiger partial charge >= 0.3 is 5.97 Å². The van der Waals surface area contributed by atoms with E-state index in [4.69, 9.17) is 0 Å². The second kappa shape index (κ2) is 17.9. The zero-order valence-electron chi connectivity index (χ0n) is 10.4. The molecule has 0 aromatic rings. The van der Waals surface area contributed by atoms with E-state index in [0.717, 1.165) is 0 Å². The molecule has 0 aromatic heterocycles. The van der Waals surface area contributed by atoms with Crippen LogP contribution >= 0.6 is 0 Å². The second-order valence-corrected chi connectivity index (χ2v) is 2.15. The predicted octanol–water partition coefficient (Wildman–Crippen LogP) is 3.73. The Hall–Kier alpha value is -1.05. The summed E-state index contributed by atoms with van der Waals surface area (Å²) in [4.78, 5) is 10.6. The van der Waals surface area contributed by atoms with Crippen LogP contribution in [0.1, 0.15) is 41.0 Å². The topological polar surface area (TPSA) is 26.3 Å². The Balaban J connectivity index is -0.000000205. The maximum absolute atomic E-state index is 10.6. The summed E-state index contributed by atoms with van der Waals surface area (Å²) < 4.78 is 4.42. The van der Waals surface area contributed by atoms with Crippen LogP contribution in [0.4, 0.5) is 0 Å². The first-order valence-corrected chi connectivity index (χ1v) is 5.04. The minimum absolute atomic E-state index is 0.340. The first-order chi connectivity index (χ1) is 6.67. The Morgan fingerprint density at radius 3 is 1.79 bits per heavy atom. The van der Waals surface area contributed by atoms with Gasteiger partial charge in [-0.05, 0) is 6.92 Å². The molecule has 2 nitrogen and oxygen atoms in total. The molecule has 0 fully saturated rings. The molecule has 0 heterocycles. The molecule has 84 valence electrons. The van der Waals surface area contributed by atoms with Gasteiger partial charge in [0.05, 0.1) is 12.7 Å². The summed E-state index contributed by atoms with van der Waals surface area (Å²) in [5.74, 6) is -0.340. The van der Waals surface area contributed by atoms with Crippen LogP contribution in [0.5, 0.6) is 0 Å². The molecule has 0 spiro atoms. The number of methoxy groups -OCH3 is 1. The van der Waals surface area contributed by atoms with E-state index in [0.29, 0.717) is 5.57 Å². The van der Waals surface area contributed by atoms with Crippen molar-refractivity contribution >= 4 is 5.97 Å². The zero-order valence-corrected chi connectivity index (χ0v) is 10.4. The van der Waals surface area contributed by atoms with Crippen molar-refractivity contribution in [2.24, 2.45) is 0 Å². The molecule has 0 aliphatic rings. The fraction of sp³-hybridized carbons (Fsp3) is 0.583. The highest BCUT2D eigenvalue weighted by Gasteiger charge is 2.00. The quantitative estimate of drug-likeness (QED) is 0.385. The van der Waals surface area contributed by atoms with Crippen LogP contribution in [-0.2, 0) is 9.53 Å². The molecular weight excluding hydrogens is 176 g/mol. The standard InChI is InChI=1S/C7H10O2.C3H8.C2H6/c1-4-6(5-2)7(8)9-3;1-3-2;1-2/h4-5H,1H2,2-3H3;3H2,1-2H3;1-2H3/b6-5+;;. The van der Waals surface area contributed by atoms with Gasteiger partial charge in [0.25, 0.3) is 0 Å². The largest absolute Gasteiger partial charge is 0.465 e. The fourth-order valence-corrected chi connectivity index (χ4v) is 0.437. The maximum Gasteiger partial charge on any atom is 0.337 e. The van der Waals surface area contributed by atoms with Crippen LogP contribution < -0.4 is 0 Å². The van der Waals surface area contributed by atoms with E-state index in [-0.39, 0.29) is 5.97 Å². The minimum atomic E-state index is -0.340. The van der Waals surface area contributed by atoms with Crippen molar-refractivity contribution in [3.63, 3.8) is 0 Å². The molecule has 0 radical (unpaired) electrons. The third kappa shape index (κ3) is 13.5. The number of carbonyl (C=O) groups is 1. The van der Waals surface area contributed by atoms with Gasteiger partial charge in [-0.2, -0.15) is 0 Å². The molecule has 14 heavy (non-hydrogen) atoms. The fourth-order valence-electron chi connectivity index (χ4n) is 0.437. The van der Waals surface area contributed by atoms with Gasteiger partial charge in [-0.3, -0.25) is 0 Å². The lowest BCUT2D eigenvalue weighted by Crippen LogP contribution is -2.01. The highest BCUT2D eigenvalue weighted by molar-refractivity contribution is 5.91. The van der Waals surface area contributed by atoms with Crippen LogP contribution in [0.15, 0.2) is 24.3 Å². The number of allylic oxidation sites excluding steroid dienone is 1. The summed E-state index contributed by atoms with van der Waals surface area (Å²) in [5.41, 5.74) is 0.498. The molecule has 0 atom stereocenters. The Kier molecular flexibility index (Phi) is 23.9. The molecule has 0 N–H and O–H groups in total. The van der Waals surface area contributed by atoms with Gasteiger partial charge in [0.15, 0.2) is 0 Å². The minimum Gasteiger partial charge on any atom is -0.465 e. The van der Waals surface area contributed by atoms with Crippen molar-refractivity contribution < 1.29 is 9.53 Å². The summed E-state index contributed by atoms with van der Waals surface area (Å²) in [6, 6.07) is 0. The van der Waals surface area contributed by atoms with Crippen molar-refractivity contribution in [2.75, 3.05) is 7.11 Å². The lowest BCUT2D eigenvalue weighted by Gasteiger charge is -1.95. The van der Waals surface area contributed by atoms with E-state index in [1.54, 1.807) is 13.0 Å². The molecular formula is C12H24O2. The SMILES string of the molecule is C=C/C(=C\C)C(=O)OC.CC.CCC. The number of rotatable bonds is 2. The van der Waals surface area contributed by atoms with Crippen molar-refractivity contribution in [3.05, 3.63) is 24.3 Å². The molecule has 0 aliphatic heterocycles. The van der Waals surface area contributed by atoms with Crippen LogP contribution in [0.25, 0.3) is 0 Å². The number of hydrogen-bond donors (Lipinski definition) is 0. The zero-order chi connectivity index (χ0) is 12.0. The van der Waals surface area contributed by atoms with Crippen molar-refractivity contribution in [2.45, 2.75) is 41.0 Å². The number of carbonyl (C=O) groups excluding carboxylic acids is 1. The Morgan fingerprint density at radius 1 is 1.36 bits per heavy atom. The predicted molar refractivity (Wildman–Crippen MR) is 63.3 cm³/mol. The first kappa shape index (κ1) is 18.7. The van der Waals surface area contributed by atoms with Gasteiger partial charge in [-0.15, -0.1) is 0 Å². The molecule has 0 rings (SSSR count). The molecule has 0 aromatic carbocycles. The van der Waals surface area contributed by atoms with Gasteiger partial charge in [-0.1, -0.05) is 52.8 Å². The molecule has 0 saturated carbocycles. The number of ether oxygens (including phenoxy) is 1. The second-order valence-electron chi connectivity index (χ2n) is 2.15. The highest BCUT2D eigenvalue weighted by atomic mass is 16.5. The summed E-state index contributed by atoms with van der Waals surface area (Å²) in [6.45, 7) is 13.4. The van der Waals surface area contributed by atoms with Gasteiger partial charge in [0.2, 0.25) is 0 Å². The molecule has 0 amide bonds. The molecule has 0 bridgehead atoms. The Bertz CT molecular complexity index is 158. The molecule has 0 unspecified atom stereocenters. The van der Waals surface area contributed by atoms with Crippen LogP contribution in [-0.4, -0.2) is 13.1 Å². The van der Waals surface area contributed by atoms with Crippen molar-refractivity contribution in [3.8, 4) is 0 Å². The number of hydrogen-bond acceptors (Lipinski definition) is 2. The molecule has 0 saturated heterocycles.